The Morgan fingerprint density at radius 1 is 1.25 bits per heavy atom. The maximum absolute atomic E-state index is 5.99. The van der Waals surface area contributed by atoms with E-state index in [0.717, 1.165) is 34.8 Å². The predicted molar refractivity (Wildman–Crippen MR) is 75.8 cm³/mol. The van der Waals surface area contributed by atoms with Crippen molar-refractivity contribution in [1.82, 2.24) is 5.16 Å². The molecule has 1 aliphatic rings. The summed E-state index contributed by atoms with van der Waals surface area (Å²) in [5.41, 5.74) is 7.64. The van der Waals surface area contributed by atoms with Gasteiger partial charge in [-0.1, -0.05) is 32.0 Å². The number of hydrogen-bond donors (Lipinski definition) is 1. The molecule has 5 nitrogen and oxygen atoms in total. The number of nitrogen functional groups attached to an aromatic ring is 1. The standard InChI is InChI=1S/C15H18N2O3/c1-4-15(2,3)13-12(14(16)17-20-13)9-5-6-10-11(7-9)19-8-18-10/h5-7H,4,8H2,1-3H3,(H2,16,17). The van der Waals surface area contributed by atoms with Gasteiger partial charge in [0.05, 0.1) is 5.56 Å². The van der Waals surface area contributed by atoms with Crippen molar-refractivity contribution in [2.45, 2.75) is 32.6 Å². The van der Waals surface area contributed by atoms with Gasteiger partial charge in [-0.3, -0.25) is 0 Å². The molecule has 20 heavy (non-hydrogen) atoms. The first kappa shape index (κ1) is 12.8. The number of rotatable bonds is 3. The van der Waals surface area contributed by atoms with E-state index in [4.69, 9.17) is 19.7 Å². The average molecular weight is 274 g/mol. The fourth-order valence-corrected chi connectivity index (χ4v) is 2.26. The Morgan fingerprint density at radius 2 is 2.00 bits per heavy atom. The SMILES string of the molecule is CCC(C)(C)c1onc(N)c1-c1ccc2c(c1)OCO2. The Hall–Kier alpha value is -2.17. The molecule has 0 fully saturated rings. The van der Waals surface area contributed by atoms with Gasteiger partial charge in [0, 0.05) is 5.41 Å². The molecule has 3 rings (SSSR count). The van der Waals surface area contributed by atoms with Crippen LogP contribution in [0.2, 0.25) is 0 Å². The third-order valence-corrected chi connectivity index (χ3v) is 3.88. The molecular weight excluding hydrogens is 256 g/mol. The fraction of sp³-hybridized carbons (Fsp3) is 0.400. The number of anilines is 1. The second-order valence-corrected chi connectivity index (χ2v) is 5.58. The minimum atomic E-state index is -0.129. The first-order valence-corrected chi connectivity index (χ1v) is 6.68. The molecule has 2 heterocycles. The summed E-state index contributed by atoms with van der Waals surface area (Å²) in [6.45, 7) is 6.60. The molecule has 0 saturated carbocycles. The van der Waals surface area contributed by atoms with Crippen molar-refractivity contribution in [2.24, 2.45) is 0 Å². The Labute approximate surface area is 117 Å². The molecule has 1 aliphatic heterocycles. The first-order chi connectivity index (χ1) is 9.53. The summed E-state index contributed by atoms with van der Waals surface area (Å²) in [5, 5.41) is 3.93. The van der Waals surface area contributed by atoms with E-state index in [0.29, 0.717) is 5.82 Å². The highest BCUT2D eigenvalue weighted by Gasteiger charge is 2.30. The molecule has 5 heteroatoms. The zero-order valence-corrected chi connectivity index (χ0v) is 11.9. The van der Waals surface area contributed by atoms with Gasteiger partial charge in [-0.2, -0.15) is 0 Å². The summed E-state index contributed by atoms with van der Waals surface area (Å²) < 4.78 is 16.2. The molecule has 1 aromatic heterocycles. The Morgan fingerprint density at radius 3 is 2.75 bits per heavy atom. The second-order valence-electron chi connectivity index (χ2n) is 5.58. The van der Waals surface area contributed by atoms with Crippen molar-refractivity contribution in [2.75, 3.05) is 12.5 Å². The summed E-state index contributed by atoms with van der Waals surface area (Å²) in [4.78, 5) is 0. The minimum Gasteiger partial charge on any atom is -0.454 e. The first-order valence-electron chi connectivity index (χ1n) is 6.68. The Balaban J connectivity index is 2.13. The van der Waals surface area contributed by atoms with Gasteiger partial charge in [0.15, 0.2) is 23.1 Å². The molecule has 2 aromatic rings. The topological polar surface area (TPSA) is 70.5 Å². The zero-order valence-electron chi connectivity index (χ0n) is 11.9. The highest BCUT2D eigenvalue weighted by molar-refractivity contribution is 5.78. The molecule has 1 aromatic carbocycles. The van der Waals surface area contributed by atoms with Gasteiger partial charge in [0.2, 0.25) is 6.79 Å². The van der Waals surface area contributed by atoms with Crippen molar-refractivity contribution in [3.63, 3.8) is 0 Å². The van der Waals surface area contributed by atoms with E-state index in [2.05, 4.69) is 25.9 Å². The minimum absolute atomic E-state index is 0.129. The van der Waals surface area contributed by atoms with Crippen LogP contribution >= 0.6 is 0 Å². The van der Waals surface area contributed by atoms with E-state index in [1.807, 2.05) is 18.2 Å². The summed E-state index contributed by atoms with van der Waals surface area (Å²) in [6.07, 6.45) is 0.930. The molecule has 0 radical (unpaired) electrons. The number of benzene rings is 1. The van der Waals surface area contributed by atoms with E-state index in [-0.39, 0.29) is 12.2 Å². The van der Waals surface area contributed by atoms with Crippen molar-refractivity contribution < 1.29 is 14.0 Å². The third kappa shape index (κ3) is 1.90. The lowest BCUT2D eigenvalue weighted by molar-refractivity contribution is 0.174. The molecule has 0 spiro atoms. The number of nitrogens with two attached hydrogens (primary N) is 1. The average Bonchev–Trinajstić information content (AvgIpc) is 3.04. The summed E-state index contributed by atoms with van der Waals surface area (Å²) in [7, 11) is 0. The highest BCUT2D eigenvalue weighted by Crippen LogP contribution is 2.42. The van der Waals surface area contributed by atoms with Crippen molar-refractivity contribution in [3.05, 3.63) is 24.0 Å². The molecule has 0 saturated heterocycles. The number of fused-ring (bicyclic) bond motifs is 1. The van der Waals surface area contributed by atoms with Gasteiger partial charge in [-0.15, -0.1) is 0 Å². The van der Waals surface area contributed by atoms with Crippen LogP contribution in [0.15, 0.2) is 22.7 Å². The smallest absolute Gasteiger partial charge is 0.231 e. The molecule has 0 amide bonds. The van der Waals surface area contributed by atoms with E-state index in [1.165, 1.54) is 0 Å². The molecule has 0 aliphatic carbocycles. The fourth-order valence-electron chi connectivity index (χ4n) is 2.26. The van der Waals surface area contributed by atoms with Gasteiger partial charge in [-0.05, 0) is 24.1 Å². The second kappa shape index (κ2) is 4.44. The van der Waals surface area contributed by atoms with Gasteiger partial charge < -0.3 is 19.7 Å². The number of aromatic nitrogens is 1. The number of nitrogens with zero attached hydrogens (tertiary/aromatic N) is 1. The Bertz CT molecular complexity index is 647. The van der Waals surface area contributed by atoms with Crippen LogP contribution in [0.4, 0.5) is 5.82 Å². The van der Waals surface area contributed by atoms with Crippen molar-refractivity contribution in [3.8, 4) is 22.6 Å². The highest BCUT2D eigenvalue weighted by atomic mass is 16.7. The summed E-state index contributed by atoms with van der Waals surface area (Å²) >= 11 is 0. The largest absolute Gasteiger partial charge is 0.454 e. The Kier molecular flexibility index (Phi) is 2.85. The van der Waals surface area contributed by atoms with Gasteiger partial charge in [-0.25, -0.2) is 0 Å². The summed E-state index contributed by atoms with van der Waals surface area (Å²) in [5.74, 6) is 2.68. The van der Waals surface area contributed by atoms with Crippen LogP contribution in [0.25, 0.3) is 11.1 Å². The quantitative estimate of drug-likeness (QED) is 0.929. The summed E-state index contributed by atoms with van der Waals surface area (Å²) in [6, 6.07) is 5.75. The van der Waals surface area contributed by atoms with Crippen LogP contribution in [0.1, 0.15) is 33.0 Å². The lowest BCUT2D eigenvalue weighted by atomic mass is 9.83. The number of ether oxygens (including phenoxy) is 2. The normalized spacial score (nSPS) is 13.8. The van der Waals surface area contributed by atoms with E-state index >= 15 is 0 Å². The molecule has 106 valence electrons. The van der Waals surface area contributed by atoms with E-state index in [1.54, 1.807) is 0 Å². The molecular formula is C15H18N2O3. The predicted octanol–water partition coefficient (Wildman–Crippen LogP) is 3.34. The third-order valence-electron chi connectivity index (χ3n) is 3.88. The van der Waals surface area contributed by atoms with Crippen molar-refractivity contribution in [1.29, 1.82) is 0 Å². The molecule has 0 bridgehead atoms. The lowest BCUT2D eigenvalue weighted by Crippen LogP contribution is -2.15. The van der Waals surface area contributed by atoms with E-state index in [9.17, 15) is 0 Å². The van der Waals surface area contributed by atoms with E-state index < -0.39 is 0 Å². The molecule has 2 N–H and O–H groups in total. The van der Waals surface area contributed by atoms with Crippen LogP contribution in [-0.4, -0.2) is 11.9 Å². The maximum atomic E-state index is 5.99. The van der Waals surface area contributed by atoms with Crippen LogP contribution in [0.3, 0.4) is 0 Å². The van der Waals surface area contributed by atoms with Crippen LogP contribution in [0, 0.1) is 0 Å². The zero-order chi connectivity index (χ0) is 14.3. The number of hydrogen-bond acceptors (Lipinski definition) is 5. The molecule has 0 atom stereocenters. The van der Waals surface area contributed by atoms with Crippen LogP contribution in [-0.2, 0) is 5.41 Å². The van der Waals surface area contributed by atoms with Crippen molar-refractivity contribution >= 4 is 5.82 Å². The van der Waals surface area contributed by atoms with Gasteiger partial charge in [0.25, 0.3) is 0 Å². The monoisotopic (exact) mass is 274 g/mol. The van der Waals surface area contributed by atoms with Crippen LogP contribution in [0.5, 0.6) is 11.5 Å². The van der Waals surface area contributed by atoms with Gasteiger partial charge >= 0.3 is 0 Å². The lowest BCUT2D eigenvalue weighted by Gasteiger charge is -2.20. The molecule has 0 unspecified atom stereocenters. The van der Waals surface area contributed by atoms with Crippen LogP contribution < -0.4 is 15.2 Å². The van der Waals surface area contributed by atoms with Gasteiger partial charge in [0.1, 0.15) is 0 Å². The maximum Gasteiger partial charge on any atom is 0.231 e.